The first-order chi connectivity index (χ1) is 16.4. The van der Waals surface area contributed by atoms with Crippen molar-refractivity contribution in [2.24, 2.45) is 5.73 Å². The number of aliphatic carboxylic acids is 1. The Morgan fingerprint density at radius 3 is 2.51 bits per heavy atom. The largest absolute Gasteiger partial charge is 0.480 e. The highest BCUT2D eigenvalue weighted by molar-refractivity contribution is 7.85. The predicted octanol–water partition coefficient (Wildman–Crippen LogP) is 0.673. The zero-order valence-electron chi connectivity index (χ0n) is 18.3. The van der Waals surface area contributed by atoms with Crippen LogP contribution < -0.4 is 15.8 Å². The van der Waals surface area contributed by atoms with Gasteiger partial charge < -0.3 is 20.9 Å². The number of carbonyl (C=O) groups excluding carboxylic acids is 2. The van der Waals surface area contributed by atoms with Crippen LogP contribution >= 0.6 is 11.3 Å². The molecule has 1 amide bonds. The van der Waals surface area contributed by atoms with Crippen LogP contribution in [0, 0.1) is 5.41 Å². The van der Waals surface area contributed by atoms with Crippen molar-refractivity contribution in [1.82, 2.24) is 10.2 Å². The number of carboxylic acids is 1. The number of benzene rings is 1. The van der Waals surface area contributed by atoms with E-state index < -0.39 is 45.8 Å². The first-order valence-corrected chi connectivity index (χ1v) is 12.8. The van der Waals surface area contributed by atoms with Crippen molar-refractivity contribution in [3.63, 3.8) is 0 Å². The molecule has 1 saturated heterocycles. The normalized spacial score (nSPS) is 17.0. The van der Waals surface area contributed by atoms with Crippen LogP contribution in [-0.2, 0) is 26.3 Å². The van der Waals surface area contributed by atoms with Crippen LogP contribution in [0.3, 0.4) is 0 Å². The summed E-state index contributed by atoms with van der Waals surface area (Å²) in [5.41, 5.74) is 5.90. The van der Waals surface area contributed by atoms with Crippen molar-refractivity contribution < 1.29 is 37.2 Å². The van der Waals surface area contributed by atoms with Crippen molar-refractivity contribution in [2.45, 2.75) is 31.5 Å². The smallest absolute Gasteiger partial charge is 0.353 e. The lowest BCUT2D eigenvalue weighted by atomic mass is 10.2. The molecule has 2 aromatic rings. The second-order valence-corrected chi connectivity index (χ2v) is 10.5. The Hall–Kier alpha value is -3.33. The van der Waals surface area contributed by atoms with Gasteiger partial charge in [0, 0.05) is 17.0 Å². The maximum atomic E-state index is 12.6. The van der Waals surface area contributed by atoms with Gasteiger partial charge in [-0.15, -0.1) is 11.3 Å². The molecule has 0 saturated carbocycles. The van der Waals surface area contributed by atoms with Gasteiger partial charge in [0.15, 0.2) is 0 Å². The minimum absolute atomic E-state index is 0.100. The van der Waals surface area contributed by atoms with E-state index in [1.54, 1.807) is 24.3 Å². The number of nitrogens with two attached hydrogens (primary N) is 1. The molecule has 0 unspecified atom stereocenters. The maximum absolute atomic E-state index is 12.6. The molecule has 1 aliphatic rings. The Kier molecular flexibility index (Phi) is 8.22. The summed E-state index contributed by atoms with van der Waals surface area (Å²) in [5, 5.41) is 18.7. The van der Waals surface area contributed by atoms with E-state index in [0.717, 1.165) is 4.88 Å². The third-order valence-electron chi connectivity index (χ3n) is 5.26. The molecule has 14 heteroatoms. The highest BCUT2D eigenvalue weighted by Crippen LogP contribution is 2.25. The van der Waals surface area contributed by atoms with Gasteiger partial charge in [-0.05, 0) is 55.8 Å². The minimum atomic E-state index is -4.60. The summed E-state index contributed by atoms with van der Waals surface area (Å²) >= 11 is 1.19. The van der Waals surface area contributed by atoms with Gasteiger partial charge in [0.2, 0.25) is 5.91 Å². The molecule has 1 aromatic carbocycles. The second kappa shape index (κ2) is 10.9. The number of hydrogen-bond donors (Lipinski definition) is 5. The van der Waals surface area contributed by atoms with Crippen LogP contribution in [0.5, 0.6) is 5.75 Å². The maximum Gasteiger partial charge on any atom is 0.353 e. The van der Waals surface area contributed by atoms with Crippen LogP contribution in [0.15, 0.2) is 36.4 Å². The van der Waals surface area contributed by atoms with E-state index in [0.29, 0.717) is 42.1 Å². The highest BCUT2D eigenvalue weighted by Gasteiger charge is 2.34. The lowest BCUT2D eigenvalue weighted by molar-refractivity contribution is -0.141. The quantitative estimate of drug-likeness (QED) is 0.0967. The Morgan fingerprint density at radius 1 is 1.23 bits per heavy atom. The van der Waals surface area contributed by atoms with E-state index in [1.807, 2.05) is 4.90 Å². The number of rotatable bonds is 10. The molecule has 2 heterocycles. The van der Waals surface area contributed by atoms with Gasteiger partial charge in [-0.2, -0.15) is 8.42 Å². The molecule has 3 rings (SSSR count). The van der Waals surface area contributed by atoms with E-state index in [4.69, 9.17) is 25.5 Å². The average Bonchev–Trinajstić information content (AvgIpc) is 3.42. The number of nitrogen functional groups attached to an aromatic ring is 1. The Labute approximate surface area is 204 Å². The number of hydrogen-bond acceptors (Lipinski definition) is 9. The molecule has 1 aliphatic heterocycles. The molecule has 1 aromatic heterocycles. The number of carbonyl (C=O) groups is 3. The molecule has 0 bridgehead atoms. The number of esters is 1. The second-order valence-electron chi connectivity index (χ2n) is 7.87. The van der Waals surface area contributed by atoms with Gasteiger partial charge in [-0.3, -0.25) is 19.7 Å². The molecule has 0 aliphatic carbocycles. The summed E-state index contributed by atoms with van der Waals surface area (Å²) < 4.78 is 36.4. The number of amides is 1. The molecule has 188 valence electrons. The van der Waals surface area contributed by atoms with Crippen LogP contribution in [0.1, 0.15) is 33.0 Å². The summed E-state index contributed by atoms with van der Waals surface area (Å²) in [6.45, 7) is 0.869. The Bertz CT molecular complexity index is 1230. The lowest BCUT2D eigenvalue weighted by Crippen LogP contribution is -2.51. The van der Waals surface area contributed by atoms with Crippen molar-refractivity contribution in [2.75, 3.05) is 12.3 Å². The fourth-order valence-corrected chi connectivity index (χ4v) is 5.16. The van der Waals surface area contributed by atoms with Crippen LogP contribution in [0.25, 0.3) is 0 Å². The predicted molar refractivity (Wildman–Crippen MR) is 126 cm³/mol. The number of carboxylic acid groups (broad SMARTS) is 1. The zero-order valence-corrected chi connectivity index (χ0v) is 20.0. The lowest BCUT2D eigenvalue weighted by Gasteiger charge is -2.24. The van der Waals surface area contributed by atoms with E-state index in [1.165, 1.54) is 23.5 Å². The van der Waals surface area contributed by atoms with Crippen molar-refractivity contribution in [3.05, 3.63) is 51.7 Å². The van der Waals surface area contributed by atoms with E-state index in [-0.39, 0.29) is 5.84 Å². The number of nitrogens with zero attached hydrogens (tertiary/aromatic N) is 1. The molecule has 0 radical (unpaired) electrons. The summed E-state index contributed by atoms with van der Waals surface area (Å²) in [6, 6.07) is 7.06. The third kappa shape index (κ3) is 7.32. The summed E-state index contributed by atoms with van der Waals surface area (Å²) in [7, 11) is -4.60. The Morgan fingerprint density at radius 2 is 1.91 bits per heavy atom. The van der Waals surface area contributed by atoms with E-state index >= 15 is 0 Å². The zero-order chi connectivity index (χ0) is 25.8. The SMILES string of the molecule is N=C(N)c1ccc(OC(=O)c2ccc(CN3CCC[C@H]3C(=O)N[C@@H](CS(=O)(=O)O)C(=O)O)s2)cc1. The first-order valence-electron chi connectivity index (χ1n) is 10.4. The molecule has 6 N–H and O–H groups in total. The number of amidine groups is 1. The number of ether oxygens (including phenoxy) is 1. The van der Waals surface area contributed by atoms with Gasteiger partial charge in [0.05, 0.1) is 6.04 Å². The van der Waals surface area contributed by atoms with Gasteiger partial charge in [-0.1, -0.05) is 0 Å². The standard InChI is InChI=1S/C21H24N4O8S2/c22-18(23)12-3-5-13(6-4-12)33-21(29)17-8-7-14(34-17)10-25-9-1-2-16(25)19(26)24-15(20(27)28)11-35(30,31)32/h3-8,15-16H,1-2,9-11H2,(H3,22,23)(H,24,26)(H,27,28)(H,30,31,32)/t15-,16-/m0/s1. The molecule has 12 nitrogen and oxygen atoms in total. The highest BCUT2D eigenvalue weighted by atomic mass is 32.2. The van der Waals surface area contributed by atoms with Gasteiger partial charge in [0.25, 0.3) is 10.1 Å². The van der Waals surface area contributed by atoms with Gasteiger partial charge in [0.1, 0.15) is 28.3 Å². The Balaban J connectivity index is 1.61. The van der Waals surface area contributed by atoms with Crippen LogP contribution in [0.4, 0.5) is 0 Å². The van der Waals surface area contributed by atoms with Gasteiger partial charge >= 0.3 is 11.9 Å². The topological polar surface area (TPSA) is 200 Å². The molecular weight excluding hydrogens is 500 g/mol. The fraction of sp³-hybridized carbons (Fsp3) is 0.333. The minimum Gasteiger partial charge on any atom is -0.480 e. The summed E-state index contributed by atoms with van der Waals surface area (Å²) in [5.74, 6) is -3.72. The van der Waals surface area contributed by atoms with E-state index in [9.17, 15) is 22.8 Å². The van der Waals surface area contributed by atoms with Crippen LogP contribution in [-0.4, -0.2) is 71.0 Å². The molecular formula is C21H24N4O8S2. The third-order valence-corrected chi connectivity index (χ3v) is 7.06. The van der Waals surface area contributed by atoms with Crippen molar-refractivity contribution in [3.8, 4) is 5.75 Å². The number of likely N-dealkylation sites (tertiary alicyclic amines) is 1. The van der Waals surface area contributed by atoms with Crippen molar-refractivity contribution in [1.29, 1.82) is 5.41 Å². The van der Waals surface area contributed by atoms with E-state index in [2.05, 4.69) is 5.32 Å². The monoisotopic (exact) mass is 524 g/mol. The summed E-state index contributed by atoms with van der Waals surface area (Å²) in [6.07, 6.45) is 1.12. The van der Waals surface area contributed by atoms with Gasteiger partial charge in [-0.25, -0.2) is 9.59 Å². The fourth-order valence-electron chi connectivity index (χ4n) is 3.60. The number of nitrogens with one attached hydrogen (secondary N) is 2. The molecule has 35 heavy (non-hydrogen) atoms. The molecule has 2 atom stereocenters. The summed E-state index contributed by atoms with van der Waals surface area (Å²) in [4.78, 5) is 39.3. The average molecular weight is 525 g/mol. The van der Waals surface area contributed by atoms with Crippen LogP contribution in [0.2, 0.25) is 0 Å². The van der Waals surface area contributed by atoms with Crippen molar-refractivity contribution >= 4 is 45.1 Å². The first kappa shape index (κ1) is 26.3. The molecule has 0 spiro atoms. The number of thiophene rings is 1. The molecule has 1 fully saturated rings.